The molecule has 1 aromatic carbocycles. The average Bonchev–Trinajstić information content (AvgIpc) is 2.93. The van der Waals surface area contributed by atoms with Crippen LogP contribution in [0.1, 0.15) is 18.9 Å². The van der Waals surface area contributed by atoms with Crippen LogP contribution in [0.25, 0.3) is 0 Å². The number of morpholine rings is 1. The molecule has 1 saturated heterocycles. The summed E-state index contributed by atoms with van der Waals surface area (Å²) in [5.74, 6) is 0.0443. The van der Waals surface area contributed by atoms with Crippen molar-refractivity contribution in [3.8, 4) is 0 Å². The van der Waals surface area contributed by atoms with Crippen LogP contribution in [-0.2, 0) is 20.7 Å². The third-order valence-corrected chi connectivity index (χ3v) is 4.16. The number of carbonyl (C=O) groups excluding carboxylic acids is 2. The van der Waals surface area contributed by atoms with E-state index in [1.165, 1.54) is 0 Å². The number of para-hydroxylation sites is 1. The zero-order chi connectivity index (χ0) is 14.8. The lowest BCUT2D eigenvalue weighted by molar-refractivity contribution is -0.138. The first kappa shape index (κ1) is 14.1. The van der Waals surface area contributed by atoms with E-state index < -0.39 is 6.04 Å². The number of benzene rings is 1. The van der Waals surface area contributed by atoms with E-state index in [4.69, 9.17) is 4.74 Å². The van der Waals surface area contributed by atoms with Gasteiger partial charge in [-0.15, -0.1) is 0 Å². The van der Waals surface area contributed by atoms with Crippen LogP contribution >= 0.6 is 0 Å². The van der Waals surface area contributed by atoms with E-state index in [1.54, 1.807) is 4.90 Å². The summed E-state index contributed by atoms with van der Waals surface area (Å²) in [5, 5.41) is 0. The van der Waals surface area contributed by atoms with E-state index in [0.717, 1.165) is 11.3 Å². The Kier molecular flexibility index (Phi) is 3.92. The molecule has 5 nitrogen and oxygen atoms in total. The van der Waals surface area contributed by atoms with Gasteiger partial charge in [0.2, 0.25) is 11.8 Å². The molecule has 1 aromatic rings. The van der Waals surface area contributed by atoms with Crippen molar-refractivity contribution >= 4 is 17.5 Å². The molecule has 0 radical (unpaired) electrons. The molecule has 2 amide bonds. The molecular weight excluding hydrogens is 268 g/mol. The lowest BCUT2D eigenvalue weighted by atomic mass is 10.1. The molecule has 21 heavy (non-hydrogen) atoms. The van der Waals surface area contributed by atoms with Crippen LogP contribution in [-0.4, -0.2) is 49.1 Å². The fourth-order valence-electron chi connectivity index (χ4n) is 3.06. The number of hydrogen-bond acceptors (Lipinski definition) is 3. The summed E-state index contributed by atoms with van der Waals surface area (Å²) in [6.45, 7) is 4.21. The molecule has 2 aliphatic heterocycles. The first-order chi connectivity index (χ1) is 10.2. The SMILES string of the molecule is CCC(=O)N1c2ccccc2CC1C(=O)N1CCOCC1. The maximum absolute atomic E-state index is 12.8. The standard InChI is InChI=1S/C16H20N2O3/c1-2-15(19)18-13-6-4-3-5-12(13)11-14(18)16(20)17-7-9-21-10-8-17/h3-6,14H,2,7-11H2,1H3. The third-order valence-electron chi connectivity index (χ3n) is 4.16. The minimum atomic E-state index is -0.395. The number of nitrogens with zero attached hydrogens (tertiary/aromatic N) is 2. The van der Waals surface area contributed by atoms with Crippen molar-refractivity contribution < 1.29 is 14.3 Å². The zero-order valence-electron chi connectivity index (χ0n) is 12.2. The summed E-state index contributed by atoms with van der Waals surface area (Å²) in [7, 11) is 0. The first-order valence-electron chi connectivity index (χ1n) is 7.49. The summed E-state index contributed by atoms with van der Waals surface area (Å²) >= 11 is 0. The van der Waals surface area contributed by atoms with Crippen molar-refractivity contribution in [3.05, 3.63) is 29.8 Å². The van der Waals surface area contributed by atoms with Crippen LogP contribution in [0.3, 0.4) is 0 Å². The number of amides is 2. The number of anilines is 1. The molecule has 0 aliphatic carbocycles. The fourth-order valence-corrected chi connectivity index (χ4v) is 3.06. The van der Waals surface area contributed by atoms with Gasteiger partial charge in [0.05, 0.1) is 13.2 Å². The lowest BCUT2D eigenvalue weighted by Crippen LogP contribution is -2.52. The Morgan fingerprint density at radius 1 is 1.24 bits per heavy atom. The Morgan fingerprint density at radius 2 is 1.95 bits per heavy atom. The Hall–Kier alpha value is -1.88. The molecule has 0 bridgehead atoms. The van der Waals surface area contributed by atoms with E-state index in [0.29, 0.717) is 39.1 Å². The Balaban J connectivity index is 1.87. The van der Waals surface area contributed by atoms with Crippen molar-refractivity contribution in [1.29, 1.82) is 0 Å². The molecule has 2 aliphatic rings. The number of ether oxygens (including phenoxy) is 1. The molecule has 5 heteroatoms. The third kappa shape index (κ3) is 2.53. The minimum Gasteiger partial charge on any atom is -0.378 e. The predicted molar refractivity (Wildman–Crippen MR) is 79.1 cm³/mol. The van der Waals surface area contributed by atoms with Gasteiger partial charge in [-0.05, 0) is 11.6 Å². The van der Waals surface area contributed by atoms with Gasteiger partial charge in [0.25, 0.3) is 0 Å². The van der Waals surface area contributed by atoms with Crippen molar-refractivity contribution in [3.63, 3.8) is 0 Å². The number of fused-ring (bicyclic) bond motifs is 1. The number of hydrogen-bond donors (Lipinski definition) is 0. The van der Waals surface area contributed by atoms with E-state index in [2.05, 4.69) is 0 Å². The van der Waals surface area contributed by atoms with Crippen molar-refractivity contribution in [2.24, 2.45) is 0 Å². The molecule has 0 saturated carbocycles. The van der Waals surface area contributed by atoms with Gasteiger partial charge in [0.1, 0.15) is 6.04 Å². The summed E-state index contributed by atoms with van der Waals surface area (Å²) in [5.41, 5.74) is 1.96. The van der Waals surface area contributed by atoms with Crippen LogP contribution in [0.5, 0.6) is 0 Å². The molecule has 0 spiro atoms. The van der Waals surface area contributed by atoms with Crippen LogP contribution in [0.4, 0.5) is 5.69 Å². The molecule has 3 rings (SSSR count). The van der Waals surface area contributed by atoms with Gasteiger partial charge in [-0.25, -0.2) is 0 Å². The molecular formula is C16H20N2O3. The predicted octanol–water partition coefficient (Wildman–Crippen LogP) is 1.21. The normalized spacial score (nSPS) is 21.3. The second kappa shape index (κ2) is 5.85. The Bertz CT molecular complexity index is 552. The summed E-state index contributed by atoms with van der Waals surface area (Å²) in [6, 6.07) is 7.40. The quantitative estimate of drug-likeness (QED) is 0.822. The van der Waals surface area contributed by atoms with Crippen molar-refractivity contribution in [2.45, 2.75) is 25.8 Å². The highest BCUT2D eigenvalue weighted by molar-refractivity contribution is 6.03. The first-order valence-corrected chi connectivity index (χ1v) is 7.49. The highest BCUT2D eigenvalue weighted by atomic mass is 16.5. The van der Waals surface area contributed by atoms with Gasteiger partial charge in [0, 0.05) is 31.6 Å². The summed E-state index contributed by atoms with van der Waals surface area (Å²) < 4.78 is 5.30. The monoisotopic (exact) mass is 288 g/mol. The molecule has 1 atom stereocenters. The average molecular weight is 288 g/mol. The van der Waals surface area contributed by atoms with E-state index in [9.17, 15) is 9.59 Å². The number of carbonyl (C=O) groups is 2. The van der Waals surface area contributed by atoms with Gasteiger partial charge < -0.3 is 9.64 Å². The van der Waals surface area contributed by atoms with E-state index in [-0.39, 0.29) is 11.8 Å². The van der Waals surface area contributed by atoms with Crippen LogP contribution in [0, 0.1) is 0 Å². The summed E-state index contributed by atoms with van der Waals surface area (Å²) in [6.07, 6.45) is 1.01. The van der Waals surface area contributed by atoms with Crippen LogP contribution in [0.15, 0.2) is 24.3 Å². The van der Waals surface area contributed by atoms with E-state index in [1.807, 2.05) is 36.1 Å². The maximum Gasteiger partial charge on any atom is 0.246 e. The smallest absolute Gasteiger partial charge is 0.246 e. The minimum absolute atomic E-state index is 0.00607. The molecule has 2 heterocycles. The van der Waals surface area contributed by atoms with Crippen LogP contribution in [0.2, 0.25) is 0 Å². The second-order valence-corrected chi connectivity index (χ2v) is 5.40. The van der Waals surface area contributed by atoms with Gasteiger partial charge in [0.15, 0.2) is 0 Å². The Labute approximate surface area is 124 Å². The molecule has 1 fully saturated rings. The molecule has 1 unspecified atom stereocenters. The van der Waals surface area contributed by atoms with Gasteiger partial charge in [-0.2, -0.15) is 0 Å². The largest absolute Gasteiger partial charge is 0.378 e. The van der Waals surface area contributed by atoms with Gasteiger partial charge >= 0.3 is 0 Å². The van der Waals surface area contributed by atoms with Gasteiger partial charge in [-0.3, -0.25) is 14.5 Å². The highest BCUT2D eigenvalue weighted by Crippen LogP contribution is 2.33. The molecule has 0 N–H and O–H groups in total. The van der Waals surface area contributed by atoms with Crippen molar-refractivity contribution in [1.82, 2.24) is 4.90 Å². The van der Waals surface area contributed by atoms with E-state index >= 15 is 0 Å². The molecule has 0 aromatic heterocycles. The Morgan fingerprint density at radius 3 is 2.67 bits per heavy atom. The van der Waals surface area contributed by atoms with Crippen LogP contribution < -0.4 is 4.90 Å². The number of rotatable bonds is 2. The maximum atomic E-state index is 12.8. The lowest BCUT2D eigenvalue weighted by Gasteiger charge is -2.32. The highest BCUT2D eigenvalue weighted by Gasteiger charge is 2.39. The second-order valence-electron chi connectivity index (χ2n) is 5.40. The van der Waals surface area contributed by atoms with Gasteiger partial charge in [-0.1, -0.05) is 25.1 Å². The fraction of sp³-hybridized carbons (Fsp3) is 0.500. The topological polar surface area (TPSA) is 49.9 Å². The summed E-state index contributed by atoms with van der Waals surface area (Å²) in [4.78, 5) is 28.6. The zero-order valence-corrected chi connectivity index (χ0v) is 12.2. The van der Waals surface area contributed by atoms with Crippen molar-refractivity contribution in [2.75, 3.05) is 31.2 Å². The molecule has 112 valence electrons.